The number of aromatic nitrogens is 3. The minimum absolute atomic E-state index is 0.0559. The number of amides is 1. The van der Waals surface area contributed by atoms with Crippen molar-refractivity contribution in [3.63, 3.8) is 0 Å². The molecule has 0 spiro atoms. The van der Waals surface area contributed by atoms with E-state index in [1.807, 2.05) is 48.5 Å². The Morgan fingerprint density at radius 1 is 1.00 bits per heavy atom. The number of pyridine rings is 1. The number of fused-ring (bicyclic) bond motifs is 1. The van der Waals surface area contributed by atoms with E-state index >= 15 is 0 Å². The average molecular weight is 421 g/mol. The van der Waals surface area contributed by atoms with Crippen molar-refractivity contribution < 1.29 is 9.59 Å². The number of aliphatic imine (C=N–C) groups is 1. The van der Waals surface area contributed by atoms with Gasteiger partial charge in [0.1, 0.15) is 11.2 Å². The number of allylic oxidation sites excluding steroid dienone is 1. The molecule has 156 valence electrons. The number of carbonyl (C=O) groups excluding carboxylic acids is 2. The number of hydrogen-bond acceptors (Lipinski definition) is 5. The van der Waals surface area contributed by atoms with E-state index < -0.39 is 0 Å². The molecule has 4 aromatic rings. The van der Waals surface area contributed by atoms with Gasteiger partial charge in [-0.3, -0.25) is 24.9 Å². The second-order valence-corrected chi connectivity index (χ2v) is 7.42. The lowest BCUT2D eigenvalue weighted by Gasteiger charge is -2.05. The first kappa shape index (κ1) is 19.6. The molecule has 7 nitrogen and oxygen atoms in total. The zero-order valence-corrected chi connectivity index (χ0v) is 17.1. The number of nitrogens with one attached hydrogen (secondary N) is 2. The first-order chi connectivity index (χ1) is 15.7. The molecular formula is C25H19N5O2. The number of rotatable bonds is 6. The maximum absolute atomic E-state index is 12.8. The Balaban J connectivity index is 1.38. The number of carbonyl (C=O) groups is 2. The number of benzene rings is 2. The summed E-state index contributed by atoms with van der Waals surface area (Å²) in [6, 6.07) is 18.7. The Hall–Kier alpha value is -4.39. The van der Waals surface area contributed by atoms with Crippen molar-refractivity contribution in [3.05, 3.63) is 90.4 Å². The minimum Gasteiger partial charge on any atom is -0.324 e. The Bertz CT molecular complexity index is 1390. The standard InChI is InChI=1S/C25H19N5O2/c31-22(15-18-8-5-12-26-18)19-9-4-10-20-23(19)29-25(28-20)30-24(32)21-14-17(11-13-27-21)16-6-2-1-3-7-16/h1-7,9-14H,8,15H2,(H2,28,29,30,32). The number of aromatic amines is 1. The van der Waals surface area contributed by atoms with Crippen molar-refractivity contribution >= 4 is 34.4 Å². The lowest BCUT2D eigenvalue weighted by molar-refractivity contribution is 0.0998. The van der Waals surface area contributed by atoms with Crippen molar-refractivity contribution in [2.75, 3.05) is 5.32 Å². The number of ketones is 1. The predicted molar refractivity (Wildman–Crippen MR) is 124 cm³/mol. The van der Waals surface area contributed by atoms with E-state index in [4.69, 9.17) is 0 Å². The number of Topliss-reactive ketones (excluding diaryl/α,β-unsaturated/α-hetero) is 1. The summed E-state index contributed by atoms with van der Waals surface area (Å²) in [5, 5.41) is 2.75. The van der Waals surface area contributed by atoms with Crippen LogP contribution in [0, 0.1) is 0 Å². The molecule has 0 bridgehead atoms. The normalized spacial score (nSPS) is 12.7. The molecule has 0 fully saturated rings. The summed E-state index contributed by atoms with van der Waals surface area (Å²) < 4.78 is 0. The van der Waals surface area contributed by atoms with Crippen molar-refractivity contribution in [1.82, 2.24) is 15.0 Å². The predicted octanol–water partition coefficient (Wildman–Crippen LogP) is 4.81. The Labute approximate surface area is 184 Å². The molecule has 0 atom stereocenters. The van der Waals surface area contributed by atoms with Gasteiger partial charge in [0, 0.05) is 36.5 Å². The van der Waals surface area contributed by atoms with Crippen LogP contribution in [0.5, 0.6) is 0 Å². The van der Waals surface area contributed by atoms with Gasteiger partial charge in [-0.2, -0.15) is 0 Å². The number of para-hydroxylation sites is 1. The quantitative estimate of drug-likeness (QED) is 0.436. The molecule has 32 heavy (non-hydrogen) atoms. The van der Waals surface area contributed by atoms with Crippen LogP contribution in [0.4, 0.5) is 5.95 Å². The summed E-state index contributed by atoms with van der Waals surface area (Å²) in [5.74, 6) is -0.183. The molecule has 0 radical (unpaired) electrons. The zero-order chi connectivity index (χ0) is 21.9. The van der Waals surface area contributed by atoms with Crippen LogP contribution >= 0.6 is 0 Å². The Morgan fingerprint density at radius 3 is 2.69 bits per heavy atom. The highest BCUT2D eigenvalue weighted by Crippen LogP contribution is 2.22. The maximum atomic E-state index is 12.8. The number of hydrogen-bond donors (Lipinski definition) is 2. The minimum atomic E-state index is -0.388. The van der Waals surface area contributed by atoms with Crippen LogP contribution in [0.25, 0.3) is 22.2 Å². The van der Waals surface area contributed by atoms with E-state index in [1.165, 1.54) is 0 Å². The van der Waals surface area contributed by atoms with Crippen LogP contribution in [-0.4, -0.2) is 32.4 Å². The fourth-order valence-corrected chi connectivity index (χ4v) is 3.65. The molecule has 0 unspecified atom stereocenters. The summed E-state index contributed by atoms with van der Waals surface area (Å²) >= 11 is 0. The van der Waals surface area contributed by atoms with Crippen molar-refractivity contribution in [2.24, 2.45) is 4.99 Å². The molecule has 0 saturated heterocycles. The first-order valence-electron chi connectivity index (χ1n) is 10.2. The van der Waals surface area contributed by atoms with Crippen LogP contribution in [0.15, 0.2) is 84.1 Å². The van der Waals surface area contributed by atoms with E-state index in [-0.39, 0.29) is 29.8 Å². The Morgan fingerprint density at radius 2 is 1.88 bits per heavy atom. The summed E-state index contributed by atoms with van der Waals surface area (Å²) in [7, 11) is 0. The van der Waals surface area contributed by atoms with Crippen LogP contribution in [0.1, 0.15) is 33.7 Å². The third-order valence-electron chi connectivity index (χ3n) is 5.23. The van der Waals surface area contributed by atoms with Crippen molar-refractivity contribution in [2.45, 2.75) is 12.8 Å². The lowest BCUT2D eigenvalue weighted by atomic mass is 10.0. The van der Waals surface area contributed by atoms with E-state index in [9.17, 15) is 9.59 Å². The van der Waals surface area contributed by atoms with Gasteiger partial charge in [0.05, 0.1) is 5.52 Å². The van der Waals surface area contributed by atoms with Crippen LogP contribution in [-0.2, 0) is 0 Å². The molecule has 2 N–H and O–H groups in total. The van der Waals surface area contributed by atoms with Gasteiger partial charge in [0.15, 0.2) is 5.78 Å². The van der Waals surface area contributed by atoms with Crippen LogP contribution in [0.2, 0.25) is 0 Å². The summed E-state index contributed by atoms with van der Waals surface area (Å²) in [6.07, 6.45) is 6.18. The molecule has 2 aromatic heterocycles. The second kappa shape index (κ2) is 8.39. The number of anilines is 1. The molecule has 3 heterocycles. The zero-order valence-electron chi connectivity index (χ0n) is 17.1. The van der Waals surface area contributed by atoms with E-state index in [2.05, 4.69) is 25.3 Å². The fourth-order valence-electron chi connectivity index (χ4n) is 3.65. The first-order valence-corrected chi connectivity index (χ1v) is 10.2. The highest BCUT2D eigenvalue weighted by Gasteiger charge is 2.18. The average Bonchev–Trinajstić information content (AvgIpc) is 3.48. The molecule has 2 aromatic carbocycles. The van der Waals surface area contributed by atoms with Gasteiger partial charge >= 0.3 is 0 Å². The third-order valence-corrected chi connectivity index (χ3v) is 5.23. The van der Waals surface area contributed by atoms with Crippen molar-refractivity contribution in [1.29, 1.82) is 0 Å². The Kier molecular flexibility index (Phi) is 5.13. The fraction of sp³-hybridized carbons (Fsp3) is 0.0800. The van der Waals surface area contributed by atoms with E-state index in [0.29, 0.717) is 23.0 Å². The SMILES string of the molecule is O=C(Nc1nc2c(C(=O)CC3=NC=CC3)cccc2[nH]1)c1cc(-c2ccccc2)ccn1. The van der Waals surface area contributed by atoms with Gasteiger partial charge in [0.25, 0.3) is 5.91 Å². The van der Waals surface area contributed by atoms with Gasteiger partial charge in [0.2, 0.25) is 5.95 Å². The number of nitrogens with zero attached hydrogens (tertiary/aromatic N) is 3. The van der Waals surface area contributed by atoms with Gasteiger partial charge in [-0.1, -0.05) is 42.5 Å². The smallest absolute Gasteiger partial charge is 0.276 e. The maximum Gasteiger partial charge on any atom is 0.276 e. The lowest BCUT2D eigenvalue weighted by Crippen LogP contribution is -2.14. The van der Waals surface area contributed by atoms with Crippen molar-refractivity contribution in [3.8, 4) is 11.1 Å². The highest BCUT2D eigenvalue weighted by atomic mass is 16.2. The van der Waals surface area contributed by atoms with Crippen LogP contribution in [0.3, 0.4) is 0 Å². The second-order valence-electron chi connectivity index (χ2n) is 7.42. The molecule has 1 aliphatic heterocycles. The van der Waals surface area contributed by atoms with E-state index in [0.717, 1.165) is 16.8 Å². The molecule has 5 rings (SSSR count). The largest absolute Gasteiger partial charge is 0.324 e. The van der Waals surface area contributed by atoms with Gasteiger partial charge in [-0.05, 0) is 35.4 Å². The molecule has 1 amide bonds. The highest BCUT2D eigenvalue weighted by molar-refractivity contribution is 6.15. The topological polar surface area (TPSA) is 100 Å². The molecular weight excluding hydrogens is 402 g/mol. The molecule has 0 aliphatic carbocycles. The summed E-state index contributed by atoms with van der Waals surface area (Å²) in [4.78, 5) is 41.5. The van der Waals surface area contributed by atoms with Gasteiger partial charge in [-0.25, -0.2) is 4.98 Å². The monoisotopic (exact) mass is 421 g/mol. The molecule has 0 saturated carbocycles. The number of imidazole rings is 1. The molecule has 1 aliphatic rings. The van der Waals surface area contributed by atoms with E-state index in [1.54, 1.807) is 30.6 Å². The van der Waals surface area contributed by atoms with Gasteiger partial charge in [-0.15, -0.1) is 0 Å². The number of H-pyrrole nitrogens is 1. The molecule has 7 heteroatoms. The summed E-state index contributed by atoms with van der Waals surface area (Å²) in [6.45, 7) is 0. The summed E-state index contributed by atoms with van der Waals surface area (Å²) in [5.41, 5.74) is 4.69. The van der Waals surface area contributed by atoms with Crippen LogP contribution < -0.4 is 5.32 Å². The third kappa shape index (κ3) is 3.96. The van der Waals surface area contributed by atoms with Gasteiger partial charge < -0.3 is 4.98 Å².